The summed E-state index contributed by atoms with van der Waals surface area (Å²) in [5.74, 6) is 2.66. The summed E-state index contributed by atoms with van der Waals surface area (Å²) < 4.78 is 0.569. The van der Waals surface area contributed by atoms with Gasteiger partial charge >= 0.3 is 0 Å². The van der Waals surface area contributed by atoms with Crippen molar-refractivity contribution in [2.24, 2.45) is 5.73 Å². The third-order valence-corrected chi connectivity index (χ3v) is 5.34. The van der Waals surface area contributed by atoms with Crippen LogP contribution in [0.2, 0.25) is 0 Å². The van der Waals surface area contributed by atoms with Gasteiger partial charge in [0.25, 0.3) is 0 Å². The molecule has 0 atom stereocenters. The fourth-order valence-electron chi connectivity index (χ4n) is 1.50. The summed E-state index contributed by atoms with van der Waals surface area (Å²) in [6.07, 6.45) is 1.32. The Morgan fingerprint density at radius 2 is 1.80 bits per heavy atom. The van der Waals surface area contributed by atoms with E-state index in [1.54, 1.807) is 0 Å². The predicted molar refractivity (Wildman–Crippen MR) is 69.7 cm³/mol. The zero-order valence-electron chi connectivity index (χ0n) is 8.40. The molecule has 3 N–H and O–H groups in total. The number of benzene rings is 1. The van der Waals surface area contributed by atoms with Crippen LogP contribution in [0.5, 0.6) is 0 Å². The molecule has 0 unspecified atom stereocenters. The number of nitrogens with one attached hydrogen (secondary N) is 1. The monoisotopic (exact) mass is 238 g/mol. The van der Waals surface area contributed by atoms with Gasteiger partial charge in [0.2, 0.25) is 0 Å². The first kappa shape index (κ1) is 10.9. The van der Waals surface area contributed by atoms with Gasteiger partial charge in [-0.2, -0.15) is 0 Å². The molecule has 0 spiro atoms. The van der Waals surface area contributed by atoms with Crippen LogP contribution in [0.25, 0.3) is 0 Å². The topological polar surface area (TPSA) is 49.9 Å². The summed E-state index contributed by atoms with van der Waals surface area (Å²) in [4.78, 5) is 0. The molecule has 1 aromatic carbocycles. The molecule has 15 heavy (non-hydrogen) atoms. The maximum atomic E-state index is 7.32. The largest absolute Gasteiger partial charge is 0.384 e. The number of rotatable bonds is 2. The van der Waals surface area contributed by atoms with Crippen molar-refractivity contribution in [2.45, 2.75) is 11.0 Å². The maximum Gasteiger partial charge on any atom is 0.122 e. The highest BCUT2D eigenvalue weighted by atomic mass is 32.2. The highest BCUT2D eigenvalue weighted by molar-refractivity contribution is 8.16. The molecule has 1 heterocycles. The second-order valence-corrected chi connectivity index (χ2v) is 6.19. The lowest BCUT2D eigenvalue weighted by atomic mass is 10.1. The minimum atomic E-state index is 0.144. The van der Waals surface area contributed by atoms with Crippen molar-refractivity contribution >= 4 is 29.4 Å². The van der Waals surface area contributed by atoms with Gasteiger partial charge in [-0.15, -0.1) is 23.5 Å². The number of hydrogen-bond donors (Lipinski definition) is 2. The van der Waals surface area contributed by atoms with Crippen molar-refractivity contribution in [3.8, 4) is 0 Å². The van der Waals surface area contributed by atoms with Gasteiger partial charge in [-0.1, -0.05) is 24.3 Å². The zero-order chi connectivity index (χ0) is 10.7. The second kappa shape index (κ2) is 4.94. The summed E-state index contributed by atoms with van der Waals surface area (Å²) in [6.45, 7) is 0. The lowest BCUT2D eigenvalue weighted by molar-refractivity contribution is 1.10. The van der Waals surface area contributed by atoms with Crippen LogP contribution in [0, 0.1) is 5.41 Å². The van der Waals surface area contributed by atoms with Gasteiger partial charge < -0.3 is 5.73 Å². The molecule has 0 aromatic heterocycles. The van der Waals surface area contributed by atoms with Crippen molar-refractivity contribution in [3.05, 3.63) is 35.4 Å². The van der Waals surface area contributed by atoms with Crippen LogP contribution >= 0.6 is 23.5 Å². The van der Waals surface area contributed by atoms with E-state index in [4.69, 9.17) is 11.1 Å². The molecule has 2 rings (SSSR count). The van der Waals surface area contributed by atoms with E-state index < -0.39 is 0 Å². The Kier molecular flexibility index (Phi) is 3.59. The standard InChI is InChI=1S/C11H14N2S2/c12-10(13)8-2-4-9(5-3-8)11-14-6-1-7-15-11/h2-5,11H,1,6-7H2,(H3,12,13). The quantitative estimate of drug-likeness (QED) is 0.615. The fraction of sp³-hybridized carbons (Fsp3) is 0.364. The molecule has 4 heteroatoms. The molecule has 2 nitrogen and oxygen atoms in total. The van der Waals surface area contributed by atoms with Crippen molar-refractivity contribution in [2.75, 3.05) is 11.5 Å². The maximum absolute atomic E-state index is 7.32. The van der Waals surface area contributed by atoms with Crippen LogP contribution in [-0.2, 0) is 0 Å². The van der Waals surface area contributed by atoms with E-state index >= 15 is 0 Å². The number of nitrogen functional groups attached to an aromatic ring is 1. The van der Waals surface area contributed by atoms with Gasteiger partial charge in [0.15, 0.2) is 0 Å². The molecule has 80 valence electrons. The first-order valence-electron chi connectivity index (χ1n) is 4.95. The van der Waals surface area contributed by atoms with Crippen LogP contribution < -0.4 is 5.73 Å². The Labute approximate surface area is 98.5 Å². The van der Waals surface area contributed by atoms with Gasteiger partial charge in [-0.3, -0.25) is 5.41 Å². The van der Waals surface area contributed by atoms with E-state index in [1.165, 1.54) is 23.5 Å². The summed E-state index contributed by atoms with van der Waals surface area (Å²) >= 11 is 4.02. The minimum absolute atomic E-state index is 0.144. The number of hydrogen-bond acceptors (Lipinski definition) is 3. The van der Waals surface area contributed by atoms with E-state index in [-0.39, 0.29) is 5.84 Å². The second-order valence-electron chi connectivity index (χ2n) is 3.46. The molecular weight excluding hydrogens is 224 g/mol. The average Bonchev–Trinajstić information content (AvgIpc) is 2.30. The third-order valence-electron chi connectivity index (χ3n) is 2.32. The van der Waals surface area contributed by atoms with Crippen molar-refractivity contribution in [1.29, 1.82) is 5.41 Å². The van der Waals surface area contributed by atoms with Crippen LogP contribution in [0.1, 0.15) is 22.1 Å². The molecule has 1 aliphatic heterocycles. The Morgan fingerprint density at radius 1 is 1.20 bits per heavy atom. The molecule has 1 aromatic rings. The molecule has 0 aliphatic carbocycles. The van der Waals surface area contributed by atoms with Gasteiger partial charge in [0, 0.05) is 5.56 Å². The molecular formula is C11H14N2S2. The summed E-state index contributed by atoms with van der Waals surface area (Å²) in [5, 5.41) is 7.32. The lowest BCUT2D eigenvalue weighted by Gasteiger charge is -2.21. The molecule has 0 bridgehead atoms. The first-order chi connectivity index (χ1) is 7.27. The Hall–Kier alpha value is -0.610. The van der Waals surface area contributed by atoms with E-state index in [1.807, 2.05) is 35.7 Å². The van der Waals surface area contributed by atoms with Gasteiger partial charge in [0.05, 0.1) is 4.58 Å². The minimum Gasteiger partial charge on any atom is -0.384 e. The van der Waals surface area contributed by atoms with E-state index in [0.29, 0.717) is 4.58 Å². The molecule has 0 amide bonds. The van der Waals surface area contributed by atoms with E-state index in [2.05, 4.69) is 12.1 Å². The fourth-order valence-corrected chi connectivity index (χ4v) is 4.39. The number of amidine groups is 1. The number of nitrogens with two attached hydrogens (primary N) is 1. The summed E-state index contributed by atoms with van der Waals surface area (Å²) in [6, 6.07) is 8.06. The average molecular weight is 238 g/mol. The van der Waals surface area contributed by atoms with Gasteiger partial charge in [0.1, 0.15) is 5.84 Å². The highest BCUT2D eigenvalue weighted by Gasteiger charge is 2.16. The molecule has 1 saturated heterocycles. The smallest absolute Gasteiger partial charge is 0.122 e. The molecule has 1 fully saturated rings. The van der Waals surface area contributed by atoms with Gasteiger partial charge in [-0.25, -0.2) is 0 Å². The Morgan fingerprint density at radius 3 is 2.33 bits per heavy atom. The van der Waals surface area contributed by atoms with Crippen molar-refractivity contribution in [1.82, 2.24) is 0 Å². The van der Waals surface area contributed by atoms with Gasteiger partial charge in [-0.05, 0) is 23.5 Å². The number of thioether (sulfide) groups is 2. The van der Waals surface area contributed by atoms with Crippen molar-refractivity contribution in [3.63, 3.8) is 0 Å². The van der Waals surface area contributed by atoms with Crippen LogP contribution in [0.15, 0.2) is 24.3 Å². The normalized spacial score (nSPS) is 17.6. The van der Waals surface area contributed by atoms with Crippen molar-refractivity contribution < 1.29 is 0 Å². The Balaban J connectivity index is 2.11. The first-order valence-corrected chi connectivity index (χ1v) is 7.04. The van der Waals surface area contributed by atoms with Crippen LogP contribution in [0.3, 0.4) is 0 Å². The van der Waals surface area contributed by atoms with Crippen LogP contribution in [0.4, 0.5) is 0 Å². The summed E-state index contributed by atoms with van der Waals surface area (Å²) in [5.41, 5.74) is 7.57. The predicted octanol–water partition coefficient (Wildman–Crippen LogP) is 2.84. The van der Waals surface area contributed by atoms with Crippen LogP contribution in [-0.4, -0.2) is 17.3 Å². The zero-order valence-corrected chi connectivity index (χ0v) is 10.0. The highest BCUT2D eigenvalue weighted by Crippen LogP contribution is 2.43. The Bertz CT molecular complexity index is 342. The molecule has 1 aliphatic rings. The third kappa shape index (κ3) is 2.69. The lowest BCUT2D eigenvalue weighted by Crippen LogP contribution is -2.10. The van der Waals surface area contributed by atoms with E-state index in [0.717, 1.165) is 5.56 Å². The van der Waals surface area contributed by atoms with E-state index in [9.17, 15) is 0 Å². The molecule has 0 saturated carbocycles. The molecule has 0 radical (unpaired) electrons. The SMILES string of the molecule is N=C(N)c1ccc(C2SCCCS2)cc1. The summed E-state index contributed by atoms with van der Waals surface area (Å²) in [7, 11) is 0.